The SMILES string of the molecule is O=C(O)c1cc(NC2CCOCC2)ccc1C(F)(F)F. The molecule has 7 heteroatoms. The van der Waals surface area contributed by atoms with Crippen molar-refractivity contribution in [1.29, 1.82) is 0 Å². The maximum atomic E-state index is 12.7. The van der Waals surface area contributed by atoms with Gasteiger partial charge in [-0.05, 0) is 31.0 Å². The van der Waals surface area contributed by atoms with Crippen LogP contribution in [0.25, 0.3) is 0 Å². The molecule has 0 spiro atoms. The quantitative estimate of drug-likeness (QED) is 0.898. The van der Waals surface area contributed by atoms with E-state index in [2.05, 4.69) is 5.32 Å². The Hall–Kier alpha value is -1.76. The van der Waals surface area contributed by atoms with Gasteiger partial charge in [0.1, 0.15) is 0 Å². The number of hydrogen-bond donors (Lipinski definition) is 2. The summed E-state index contributed by atoms with van der Waals surface area (Å²) in [7, 11) is 0. The number of anilines is 1. The monoisotopic (exact) mass is 289 g/mol. The largest absolute Gasteiger partial charge is 0.478 e. The zero-order valence-corrected chi connectivity index (χ0v) is 10.5. The lowest BCUT2D eigenvalue weighted by Gasteiger charge is -2.24. The summed E-state index contributed by atoms with van der Waals surface area (Å²) in [5.74, 6) is -1.59. The molecule has 4 nitrogen and oxygen atoms in total. The highest BCUT2D eigenvalue weighted by Crippen LogP contribution is 2.33. The molecule has 1 aliphatic heterocycles. The average molecular weight is 289 g/mol. The highest BCUT2D eigenvalue weighted by molar-refractivity contribution is 5.91. The lowest BCUT2D eigenvalue weighted by molar-refractivity contribution is -0.138. The van der Waals surface area contributed by atoms with Crippen LogP contribution in [0.15, 0.2) is 18.2 Å². The van der Waals surface area contributed by atoms with Crippen molar-refractivity contribution < 1.29 is 27.8 Å². The van der Waals surface area contributed by atoms with Gasteiger partial charge in [0, 0.05) is 24.9 Å². The van der Waals surface area contributed by atoms with Gasteiger partial charge in [0.25, 0.3) is 0 Å². The van der Waals surface area contributed by atoms with Crippen molar-refractivity contribution in [2.24, 2.45) is 0 Å². The van der Waals surface area contributed by atoms with Crippen LogP contribution in [0.4, 0.5) is 18.9 Å². The van der Waals surface area contributed by atoms with Gasteiger partial charge < -0.3 is 15.2 Å². The van der Waals surface area contributed by atoms with E-state index in [4.69, 9.17) is 9.84 Å². The van der Waals surface area contributed by atoms with E-state index in [-0.39, 0.29) is 6.04 Å². The second kappa shape index (κ2) is 5.70. The molecule has 0 aliphatic carbocycles. The number of nitrogens with one attached hydrogen (secondary N) is 1. The Morgan fingerprint density at radius 2 is 1.95 bits per heavy atom. The maximum absolute atomic E-state index is 12.7. The van der Waals surface area contributed by atoms with Gasteiger partial charge in [0.15, 0.2) is 0 Å². The Labute approximate surface area is 113 Å². The normalized spacial score (nSPS) is 16.9. The molecule has 0 bridgehead atoms. The molecule has 2 rings (SSSR count). The van der Waals surface area contributed by atoms with E-state index in [0.29, 0.717) is 18.9 Å². The molecule has 1 aromatic carbocycles. The van der Waals surface area contributed by atoms with Gasteiger partial charge >= 0.3 is 12.1 Å². The van der Waals surface area contributed by atoms with E-state index in [9.17, 15) is 18.0 Å². The summed E-state index contributed by atoms with van der Waals surface area (Å²) in [5, 5.41) is 12.0. The number of hydrogen-bond acceptors (Lipinski definition) is 3. The lowest BCUT2D eigenvalue weighted by Crippen LogP contribution is -2.28. The van der Waals surface area contributed by atoms with E-state index in [1.54, 1.807) is 0 Å². The molecular weight excluding hydrogens is 275 g/mol. The van der Waals surface area contributed by atoms with Crippen molar-refractivity contribution in [2.75, 3.05) is 18.5 Å². The Morgan fingerprint density at radius 1 is 1.30 bits per heavy atom. The molecule has 2 N–H and O–H groups in total. The number of alkyl halides is 3. The van der Waals surface area contributed by atoms with Gasteiger partial charge in [-0.15, -0.1) is 0 Å². The van der Waals surface area contributed by atoms with Crippen molar-refractivity contribution in [2.45, 2.75) is 25.1 Å². The van der Waals surface area contributed by atoms with Crippen LogP contribution in [0.5, 0.6) is 0 Å². The van der Waals surface area contributed by atoms with Gasteiger partial charge in [-0.2, -0.15) is 13.2 Å². The van der Waals surface area contributed by atoms with Crippen molar-refractivity contribution in [3.8, 4) is 0 Å². The minimum Gasteiger partial charge on any atom is -0.478 e. The standard InChI is InChI=1S/C13H14F3NO3/c14-13(15,16)11-2-1-9(7-10(11)12(18)19)17-8-3-5-20-6-4-8/h1-2,7-8,17H,3-6H2,(H,18,19). The number of carboxylic acids is 1. The summed E-state index contributed by atoms with van der Waals surface area (Å²) >= 11 is 0. The zero-order chi connectivity index (χ0) is 14.8. The molecule has 1 fully saturated rings. The van der Waals surface area contributed by atoms with Crippen LogP contribution >= 0.6 is 0 Å². The summed E-state index contributed by atoms with van der Waals surface area (Å²) in [6.07, 6.45) is -3.20. The van der Waals surface area contributed by atoms with Gasteiger partial charge in [-0.1, -0.05) is 0 Å². The minimum atomic E-state index is -4.68. The minimum absolute atomic E-state index is 0.0853. The van der Waals surface area contributed by atoms with Crippen LogP contribution in [0.2, 0.25) is 0 Å². The van der Waals surface area contributed by atoms with Gasteiger partial charge in [-0.25, -0.2) is 4.79 Å². The van der Waals surface area contributed by atoms with Crippen LogP contribution in [-0.4, -0.2) is 30.3 Å². The summed E-state index contributed by atoms with van der Waals surface area (Å²) < 4.78 is 43.3. The number of carboxylic acid groups (broad SMARTS) is 1. The second-order valence-electron chi connectivity index (χ2n) is 4.59. The van der Waals surface area contributed by atoms with Gasteiger partial charge in [0.2, 0.25) is 0 Å². The van der Waals surface area contributed by atoms with Crippen LogP contribution in [0.1, 0.15) is 28.8 Å². The van der Waals surface area contributed by atoms with Crippen molar-refractivity contribution in [3.05, 3.63) is 29.3 Å². The number of benzene rings is 1. The fraction of sp³-hybridized carbons (Fsp3) is 0.462. The van der Waals surface area contributed by atoms with E-state index in [1.807, 2.05) is 0 Å². The van der Waals surface area contributed by atoms with E-state index in [0.717, 1.165) is 25.0 Å². The van der Waals surface area contributed by atoms with Crippen LogP contribution in [-0.2, 0) is 10.9 Å². The molecule has 0 aromatic heterocycles. The molecule has 1 heterocycles. The highest BCUT2D eigenvalue weighted by atomic mass is 19.4. The summed E-state index contributed by atoms with van der Waals surface area (Å²) in [4.78, 5) is 11.0. The first-order valence-electron chi connectivity index (χ1n) is 6.17. The second-order valence-corrected chi connectivity index (χ2v) is 4.59. The number of aromatic carboxylic acids is 1. The van der Waals surface area contributed by atoms with E-state index < -0.39 is 23.3 Å². The first-order valence-corrected chi connectivity index (χ1v) is 6.17. The molecule has 0 amide bonds. The van der Waals surface area contributed by atoms with Crippen LogP contribution in [0, 0.1) is 0 Å². The highest BCUT2D eigenvalue weighted by Gasteiger charge is 2.35. The summed E-state index contributed by atoms with van der Waals surface area (Å²) in [5.41, 5.74) is -1.50. The first kappa shape index (κ1) is 14.6. The van der Waals surface area contributed by atoms with Crippen molar-refractivity contribution in [1.82, 2.24) is 0 Å². The zero-order valence-electron chi connectivity index (χ0n) is 10.5. The van der Waals surface area contributed by atoms with Crippen molar-refractivity contribution in [3.63, 3.8) is 0 Å². The Morgan fingerprint density at radius 3 is 2.50 bits per heavy atom. The predicted octanol–water partition coefficient (Wildman–Crippen LogP) is 2.99. The average Bonchev–Trinajstić information content (AvgIpc) is 2.38. The van der Waals surface area contributed by atoms with Crippen LogP contribution in [0.3, 0.4) is 0 Å². The predicted molar refractivity (Wildman–Crippen MR) is 65.9 cm³/mol. The molecule has 110 valence electrons. The number of rotatable bonds is 3. The third-order valence-electron chi connectivity index (χ3n) is 3.15. The third kappa shape index (κ3) is 3.41. The molecule has 0 atom stereocenters. The summed E-state index contributed by atoms with van der Waals surface area (Å²) in [6.45, 7) is 1.17. The molecule has 1 saturated heterocycles. The smallest absolute Gasteiger partial charge is 0.417 e. The van der Waals surface area contributed by atoms with Crippen molar-refractivity contribution >= 4 is 11.7 Å². The fourth-order valence-corrected chi connectivity index (χ4v) is 2.14. The Balaban J connectivity index is 2.23. The topological polar surface area (TPSA) is 58.6 Å². The molecule has 1 aliphatic rings. The fourth-order valence-electron chi connectivity index (χ4n) is 2.14. The third-order valence-corrected chi connectivity index (χ3v) is 3.15. The number of carbonyl (C=O) groups is 1. The Kier molecular flexibility index (Phi) is 4.17. The molecule has 0 unspecified atom stereocenters. The first-order chi connectivity index (χ1) is 9.38. The number of halogens is 3. The summed E-state index contributed by atoms with van der Waals surface area (Å²) in [6, 6.07) is 3.17. The number of ether oxygens (including phenoxy) is 1. The molecule has 20 heavy (non-hydrogen) atoms. The maximum Gasteiger partial charge on any atom is 0.417 e. The molecule has 0 radical (unpaired) electrons. The molecular formula is C13H14F3NO3. The van der Waals surface area contributed by atoms with Gasteiger partial charge in [-0.3, -0.25) is 0 Å². The lowest BCUT2D eigenvalue weighted by atomic mass is 10.0. The van der Waals surface area contributed by atoms with Gasteiger partial charge in [0.05, 0.1) is 11.1 Å². The Bertz CT molecular complexity index is 496. The molecule has 1 aromatic rings. The van der Waals surface area contributed by atoms with E-state index >= 15 is 0 Å². The van der Waals surface area contributed by atoms with E-state index in [1.165, 1.54) is 6.07 Å². The van der Waals surface area contributed by atoms with Crippen LogP contribution < -0.4 is 5.32 Å². The molecule has 0 saturated carbocycles.